The molecule has 3 heterocycles. The number of aromatic nitrogens is 2. The quantitative estimate of drug-likeness (QED) is 0.480. The zero-order valence-corrected chi connectivity index (χ0v) is 15.7. The molecule has 0 radical (unpaired) electrons. The zero-order valence-electron chi connectivity index (χ0n) is 14.9. The molecule has 6 nitrogen and oxygen atoms in total. The molecule has 0 unspecified atom stereocenters. The monoisotopic (exact) mass is 408 g/mol. The van der Waals surface area contributed by atoms with Gasteiger partial charge in [-0.25, -0.2) is 9.37 Å². The number of hydrogen-bond donors (Lipinski definition) is 0. The second-order valence-electron chi connectivity index (χ2n) is 6.51. The van der Waals surface area contributed by atoms with E-state index in [1.165, 1.54) is 34.4 Å². The van der Waals surface area contributed by atoms with Gasteiger partial charge in [0, 0.05) is 16.5 Å². The number of halogens is 1. The molecule has 8 heteroatoms. The number of ether oxygens (including phenoxy) is 2. The predicted molar refractivity (Wildman–Crippen MR) is 106 cm³/mol. The van der Waals surface area contributed by atoms with E-state index in [4.69, 9.17) is 9.47 Å². The van der Waals surface area contributed by atoms with Crippen LogP contribution in [0.2, 0.25) is 0 Å². The van der Waals surface area contributed by atoms with Gasteiger partial charge in [-0.2, -0.15) is 0 Å². The van der Waals surface area contributed by atoms with Gasteiger partial charge in [0.05, 0.1) is 18.3 Å². The van der Waals surface area contributed by atoms with Crippen LogP contribution in [0.1, 0.15) is 10.4 Å². The van der Waals surface area contributed by atoms with Crippen molar-refractivity contribution in [3.63, 3.8) is 0 Å². The maximum absolute atomic E-state index is 13.2. The Morgan fingerprint density at radius 1 is 1.14 bits per heavy atom. The van der Waals surface area contributed by atoms with E-state index in [0.29, 0.717) is 32.8 Å². The van der Waals surface area contributed by atoms with Crippen molar-refractivity contribution < 1.29 is 18.7 Å². The molecule has 0 fully saturated rings. The van der Waals surface area contributed by atoms with Crippen LogP contribution in [-0.2, 0) is 6.54 Å². The summed E-state index contributed by atoms with van der Waals surface area (Å²) in [6.45, 7) is -0.0303. The van der Waals surface area contributed by atoms with Crippen molar-refractivity contribution in [2.45, 2.75) is 6.54 Å². The van der Waals surface area contributed by atoms with E-state index in [0.717, 1.165) is 5.56 Å². The SMILES string of the molecule is O=C(Cn1cnc2scc(-c3ccc(F)cc3)c2c1=O)c1ccc2c(c1)OCO2. The highest BCUT2D eigenvalue weighted by molar-refractivity contribution is 7.17. The molecule has 0 saturated carbocycles. The predicted octanol–water partition coefficient (Wildman–Crippen LogP) is 3.88. The van der Waals surface area contributed by atoms with E-state index in [1.54, 1.807) is 30.3 Å². The second-order valence-corrected chi connectivity index (χ2v) is 7.36. The smallest absolute Gasteiger partial charge is 0.263 e. The first kappa shape index (κ1) is 17.6. The van der Waals surface area contributed by atoms with E-state index in [9.17, 15) is 14.0 Å². The number of benzene rings is 2. The highest BCUT2D eigenvalue weighted by Crippen LogP contribution is 2.33. The van der Waals surface area contributed by atoms with Crippen molar-refractivity contribution in [3.8, 4) is 22.6 Å². The fraction of sp³-hybridized carbons (Fsp3) is 0.0952. The lowest BCUT2D eigenvalue weighted by Gasteiger charge is -2.07. The van der Waals surface area contributed by atoms with Gasteiger partial charge in [0.25, 0.3) is 5.56 Å². The molecule has 2 aromatic heterocycles. The summed E-state index contributed by atoms with van der Waals surface area (Å²) in [5.41, 5.74) is 1.50. The van der Waals surface area contributed by atoms with E-state index in [-0.39, 0.29) is 30.5 Å². The van der Waals surface area contributed by atoms with Crippen molar-refractivity contribution in [3.05, 3.63) is 75.9 Å². The molecule has 0 atom stereocenters. The maximum atomic E-state index is 13.2. The molecule has 2 aromatic carbocycles. The minimum absolute atomic E-state index is 0.122. The van der Waals surface area contributed by atoms with E-state index in [1.807, 2.05) is 5.38 Å². The summed E-state index contributed by atoms with van der Waals surface area (Å²) in [6, 6.07) is 10.8. The average Bonchev–Trinajstić information content (AvgIpc) is 3.37. The highest BCUT2D eigenvalue weighted by Gasteiger charge is 2.18. The van der Waals surface area contributed by atoms with Gasteiger partial charge in [-0.1, -0.05) is 12.1 Å². The number of hydrogen-bond acceptors (Lipinski definition) is 6. The molecule has 1 aliphatic rings. The van der Waals surface area contributed by atoms with Crippen molar-refractivity contribution in [2.75, 3.05) is 6.79 Å². The van der Waals surface area contributed by atoms with Gasteiger partial charge in [0.2, 0.25) is 6.79 Å². The third-order valence-electron chi connectivity index (χ3n) is 4.72. The van der Waals surface area contributed by atoms with Crippen molar-refractivity contribution in [2.24, 2.45) is 0 Å². The Bertz CT molecular complexity index is 1310. The van der Waals surface area contributed by atoms with Gasteiger partial charge in [-0.15, -0.1) is 11.3 Å². The molecule has 0 spiro atoms. The van der Waals surface area contributed by atoms with Gasteiger partial charge in [-0.3, -0.25) is 14.2 Å². The number of carbonyl (C=O) groups is 1. The van der Waals surface area contributed by atoms with E-state index >= 15 is 0 Å². The third-order valence-corrected chi connectivity index (χ3v) is 5.61. The summed E-state index contributed by atoms with van der Waals surface area (Å²) in [7, 11) is 0. The van der Waals surface area contributed by atoms with E-state index < -0.39 is 0 Å². The van der Waals surface area contributed by atoms with Crippen LogP contribution in [-0.4, -0.2) is 22.1 Å². The Balaban J connectivity index is 1.51. The van der Waals surface area contributed by atoms with Gasteiger partial charge in [-0.05, 0) is 35.9 Å². The number of Topliss-reactive ketones (excluding diaryl/α,β-unsaturated/α-hetero) is 1. The normalized spacial score (nSPS) is 12.4. The van der Waals surface area contributed by atoms with Crippen molar-refractivity contribution in [1.82, 2.24) is 9.55 Å². The fourth-order valence-electron chi connectivity index (χ4n) is 3.24. The number of thiophene rings is 1. The number of nitrogens with zero attached hydrogens (tertiary/aromatic N) is 2. The van der Waals surface area contributed by atoms with Crippen molar-refractivity contribution >= 4 is 27.3 Å². The largest absolute Gasteiger partial charge is 0.454 e. The van der Waals surface area contributed by atoms with Gasteiger partial charge in [0.1, 0.15) is 10.6 Å². The summed E-state index contributed by atoms with van der Waals surface area (Å²) in [5, 5.41) is 2.23. The minimum Gasteiger partial charge on any atom is -0.454 e. The molecule has 1 aliphatic heterocycles. The van der Waals surface area contributed by atoms with Crippen LogP contribution in [0.15, 0.2) is 59.0 Å². The maximum Gasteiger partial charge on any atom is 0.263 e. The molecule has 144 valence electrons. The molecule has 0 amide bonds. The van der Waals surface area contributed by atoms with Crippen LogP contribution in [0.3, 0.4) is 0 Å². The standard InChI is InChI=1S/C21H13FN2O4S/c22-14-4-1-12(2-5-14)15-9-29-20-19(15)21(26)24(10-23-20)8-16(25)13-3-6-17-18(7-13)28-11-27-17/h1-7,9-10H,8,11H2. The van der Waals surface area contributed by atoms with Crippen LogP contribution in [0.25, 0.3) is 21.3 Å². The summed E-state index contributed by atoms with van der Waals surface area (Å²) >= 11 is 1.33. The Labute approximate surface area is 167 Å². The first-order valence-electron chi connectivity index (χ1n) is 8.75. The molecular weight excluding hydrogens is 395 g/mol. The Hall–Kier alpha value is -3.52. The summed E-state index contributed by atoms with van der Waals surface area (Å²) in [6.07, 6.45) is 1.38. The van der Waals surface area contributed by atoms with Crippen LogP contribution in [0, 0.1) is 5.82 Å². The molecule has 5 rings (SSSR count). The first-order chi connectivity index (χ1) is 14.1. The Morgan fingerprint density at radius 3 is 2.76 bits per heavy atom. The zero-order chi connectivity index (χ0) is 20.0. The Morgan fingerprint density at radius 2 is 1.93 bits per heavy atom. The minimum atomic E-state index is -0.349. The molecular formula is C21H13FN2O4S. The number of carbonyl (C=O) groups excluding carboxylic acids is 1. The lowest BCUT2D eigenvalue weighted by molar-refractivity contribution is 0.0970. The molecule has 0 N–H and O–H groups in total. The number of fused-ring (bicyclic) bond motifs is 2. The highest BCUT2D eigenvalue weighted by atomic mass is 32.1. The van der Waals surface area contributed by atoms with Crippen LogP contribution in [0.5, 0.6) is 11.5 Å². The van der Waals surface area contributed by atoms with Crippen LogP contribution < -0.4 is 15.0 Å². The second kappa shape index (κ2) is 6.82. The summed E-state index contributed by atoms with van der Waals surface area (Å²) < 4.78 is 25.1. The number of rotatable bonds is 4. The van der Waals surface area contributed by atoms with Crippen LogP contribution >= 0.6 is 11.3 Å². The first-order valence-corrected chi connectivity index (χ1v) is 9.63. The van der Waals surface area contributed by atoms with Crippen LogP contribution in [0.4, 0.5) is 4.39 Å². The number of ketones is 1. The van der Waals surface area contributed by atoms with Gasteiger partial charge >= 0.3 is 0 Å². The molecule has 0 saturated heterocycles. The summed E-state index contributed by atoms with van der Waals surface area (Å²) in [5.74, 6) is 0.500. The lowest BCUT2D eigenvalue weighted by Crippen LogP contribution is -2.24. The topological polar surface area (TPSA) is 70.4 Å². The summed E-state index contributed by atoms with van der Waals surface area (Å²) in [4.78, 5) is 30.7. The molecule has 29 heavy (non-hydrogen) atoms. The molecule has 4 aromatic rings. The molecule has 0 bridgehead atoms. The fourth-order valence-corrected chi connectivity index (χ4v) is 4.14. The lowest BCUT2D eigenvalue weighted by atomic mass is 10.1. The van der Waals surface area contributed by atoms with Crippen molar-refractivity contribution in [1.29, 1.82) is 0 Å². The van der Waals surface area contributed by atoms with Gasteiger partial charge < -0.3 is 9.47 Å². The third kappa shape index (κ3) is 3.07. The average molecular weight is 408 g/mol. The molecule has 0 aliphatic carbocycles. The van der Waals surface area contributed by atoms with E-state index in [2.05, 4.69) is 4.98 Å². The Kier molecular flexibility index (Phi) is 4.13. The van der Waals surface area contributed by atoms with Gasteiger partial charge in [0.15, 0.2) is 17.3 Å².